The molecule has 0 bridgehead atoms. The zero-order chi connectivity index (χ0) is 26.7. The minimum absolute atomic E-state index is 0.0328. The van der Waals surface area contributed by atoms with Crippen LogP contribution in [0.4, 0.5) is 5.69 Å². The minimum atomic E-state index is -3.58. The highest BCUT2D eigenvalue weighted by molar-refractivity contribution is 7.91. The number of carbonyl (C=O) groups is 1. The second kappa shape index (κ2) is 11.4. The van der Waals surface area contributed by atoms with E-state index in [9.17, 15) is 13.2 Å². The molecule has 1 fully saturated rings. The van der Waals surface area contributed by atoms with Gasteiger partial charge in [0.05, 0.1) is 9.79 Å². The summed E-state index contributed by atoms with van der Waals surface area (Å²) >= 11 is 5.91. The molecule has 0 spiro atoms. The average molecular weight is 539 g/mol. The summed E-state index contributed by atoms with van der Waals surface area (Å²) in [5, 5.41) is 3.53. The van der Waals surface area contributed by atoms with Crippen molar-refractivity contribution in [1.82, 2.24) is 4.90 Å². The number of nitrogens with one attached hydrogen (secondary N) is 1. The molecule has 0 aromatic heterocycles. The summed E-state index contributed by atoms with van der Waals surface area (Å²) in [5.74, 6) is 0.428. The average Bonchev–Trinajstić information content (AvgIpc) is 2.89. The second-order valence-corrected chi connectivity index (χ2v) is 12.6. The summed E-state index contributed by atoms with van der Waals surface area (Å²) < 4.78 is 25.9. The summed E-state index contributed by atoms with van der Waals surface area (Å²) in [6.45, 7) is 10.0. The van der Waals surface area contributed by atoms with Gasteiger partial charge in [0.25, 0.3) is 0 Å². The third-order valence-corrected chi connectivity index (χ3v) is 9.42. The molecule has 4 rings (SSSR count). The van der Waals surface area contributed by atoms with Crippen molar-refractivity contribution in [3.05, 3.63) is 88.4 Å². The number of anilines is 1. The number of amides is 1. The summed E-state index contributed by atoms with van der Waals surface area (Å²) in [6.07, 6.45) is 2.07. The van der Waals surface area contributed by atoms with E-state index in [0.717, 1.165) is 37.2 Å². The van der Waals surface area contributed by atoms with Crippen molar-refractivity contribution in [2.75, 3.05) is 18.4 Å². The SMILES string of the molecule is Cc1ccc(NC(=O)C(C)C)cc1C1CCN(C(C)c2ccc(S(=O)(=O)c3ccc(Cl)cc3)cc2)CC1. The van der Waals surface area contributed by atoms with Crippen LogP contribution >= 0.6 is 11.6 Å². The normalized spacial score (nSPS) is 16.1. The third kappa shape index (κ3) is 6.25. The molecule has 1 N–H and O–H groups in total. The van der Waals surface area contributed by atoms with Crippen LogP contribution in [-0.4, -0.2) is 32.3 Å². The van der Waals surface area contributed by atoms with E-state index >= 15 is 0 Å². The van der Waals surface area contributed by atoms with Gasteiger partial charge in [-0.15, -0.1) is 0 Å². The Labute approximate surface area is 225 Å². The minimum Gasteiger partial charge on any atom is -0.326 e. The van der Waals surface area contributed by atoms with Crippen LogP contribution in [0, 0.1) is 12.8 Å². The summed E-state index contributed by atoms with van der Waals surface area (Å²) in [6, 6.07) is 19.9. The molecule has 0 aliphatic carbocycles. The first-order valence-electron chi connectivity index (χ1n) is 12.8. The van der Waals surface area contributed by atoms with Gasteiger partial charge in [-0.3, -0.25) is 9.69 Å². The number of halogens is 1. The molecule has 37 heavy (non-hydrogen) atoms. The first kappa shape index (κ1) is 27.4. The number of sulfone groups is 1. The lowest BCUT2D eigenvalue weighted by molar-refractivity contribution is -0.118. The summed E-state index contributed by atoms with van der Waals surface area (Å²) in [7, 11) is -3.58. The predicted molar refractivity (Wildman–Crippen MR) is 150 cm³/mol. The quantitative estimate of drug-likeness (QED) is 0.351. The molecule has 0 radical (unpaired) electrons. The number of likely N-dealkylation sites (tertiary alicyclic amines) is 1. The van der Waals surface area contributed by atoms with E-state index in [1.165, 1.54) is 23.3 Å². The van der Waals surface area contributed by atoms with Crippen LogP contribution in [0.3, 0.4) is 0 Å². The Hall–Kier alpha value is -2.67. The second-order valence-electron chi connectivity index (χ2n) is 10.2. The van der Waals surface area contributed by atoms with Gasteiger partial charge in [-0.1, -0.05) is 43.6 Å². The van der Waals surface area contributed by atoms with Gasteiger partial charge in [-0.05, 0) is 111 Å². The topological polar surface area (TPSA) is 66.5 Å². The van der Waals surface area contributed by atoms with Gasteiger partial charge in [-0.2, -0.15) is 0 Å². The van der Waals surface area contributed by atoms with E-state index < -0.39 is 9.84 Å². The van der Waals surface area contributed by atoms with Gasteiger partial charge in [-0.25, -0.2) is 8.42 Å². The van der Waals surface area contributed by atoms with Crippen LogP contribution in [0.1, 0.15) is 62.3 Å². The molecular formula is C30H35ClN2O3S. The number of nitrogens with zero attached hydrogens (tertiary/aromatic N) is 1. The van der Waals surface area contributed by atoms with Gasteiger partial charge in [0, 0.05) is 22.7 Å². The Morgan fingerprint density at radius 2 is 1.49 bits per heavy atom. The van der Waals surface area contributed by atoms with E-state index in [1.807, 2.05) is 32.0 Å². The molecule has 1 amide bonds. The summed E-state index contributed by atoms with van der Waals surface area (Å²) in [5.41, 5.74) is 4.53. The van der Waals surface area contributed by atoms with E-state index in [0.29, 0.717) is 10.9 Å². The number of carbonyl (C=O) groups excluding carboxylic acids is 1. The van der Waals surface area contributed by atoms with Crippen LogP contribution in [0.5, 0.6) is 0 Å². The van der Waals surface area contributed by atoms with Gasteiger partial charge in [0.2, 0.25) is 15.7 Å². The zero-order valence-electron chi connectivity index (χ0n) is 21.9. The van der Waals surface area contributed by atoms with Crippen molar-refractivity contribution in [2.24, 2.45) is 5.92 Å². The highest BCUT2D eigenvalue weighted by Crippen LogP contribution is 2.35. The fraction of sp³-hybridized carbons (Fsp3) is 0.367. The Kier molecular flexibility index (Phi) is 8.42. The smallest absolute Gasteiger partial charge is 0.226 e. The molecule has 1 unspecified atom stereocenters. The molecule has 1 atom stereocenters. The summed E-state index contributed by atoms with van der Waals surface area (Å²) in [4.78, 5) is 15.1. The fourth-order valence-electron chi connectivity index (χ4n) is 4.93. The number of rotatable bonds is 7. The van der Waals surface area contributed by atoms with Crippen molar-refractivity contribution in [2.45, 2.75) is 62.3 Å². The van der Waals surface area contributed by atoms with Crippen molar-refractivity contribution < 1.29 is 13.2 Å². The number of piperidine rings is 1. The fourth-order valence-corrected chi connectivity index (χ4v) is 6.32. The molecule has 1 aliphatic rings. The lowest BCUT2D eigenvalue weighted by atomic mass is 9.86. The van der Waals surface area contributed by atoms with E-state index in [-0.39, 0.29) is 27.7 Å². The molecule has 3 aromatic carbocycles. The maximum Gasteiger partial charge on any atom is 0.226 e. The lowest BCUT2D eigenvalue weighted by Crippen LogP contribution is -2.35. The zero-order valence-corrected chi connectivity index (χ0v) is 23.4. The largest absolute Gasteiger partial charge is 0.326 e. The molecule has 196 valence electrons. The first-order chi connectivity index (χ1) is 17.6. The molecule has 3 aromatic rings. The maximum atomic E-state index is 13.0. The van der Waals surface area contributed by atoms with E-state index in [1.54, 1.807) is 24.3 Å². The molecule has 0 saturated carbocycles. The molecule has 5 nitrogen and oxygen atoms in total. The standard InChI is InChI=1S/C30H35ClN2O3S/c1-20(2)30(34)32-26-10-5-21(3)29(19-26)24-15-17-33(18-16-24)22(4)23-6-11-27(12-7-23)37(35,36)28-13-8-25(31)9-14-28/h5-14,19-20,22,24H,15-18H2,1-4H3,(H,32,34). The van der Waals surface area contributed by atoms with Crippen LogP contribution in [0.2, 0.25) is 5.02 Å². The first-order valence-corrected chi connectivity index (χ1v) is 14.7. The lowest BCUT2D eigenvalue weighted by Gasteiger charge is -2.37. The number of aryl methyl sites for hydroxylation is 1. The van der Waals surface area contributed by atoms with Gasteiger partial charge in [0.15, 0.2) is 0 Å². The van der Waals surface area contributed by atoms with E-state index in [2.05, 4.69) is 36.2 Å². The van der Waals surface area contributed by atoms with Crippen LogP contribution in [0.15, 0.2) is 76.5 Å². The third-order valence-electron chi connectivity index (χ3n) is 7.38. The molecule has 1 aliphatic heterocycles. The molecule has 1 heterocycles. The van der Waals surface area contributed by atoms with E-state index in [4.69, 9.17) is 11.6 Å². The van der Waals surface area contributed by atoms with Crippen LogP contribution < -0.4 is 5.32 Å². The van der Waals surface area contributed by atoms with Gasteiger partial charge < -0.3 is 5.32 Å². The van der Waals surface area contributed by atoms with Gasteiger partial charge >= 0.3 is 0 Å². The van der Waals surface area contributed by atoms with Crippen molar-refractivity contribution in [1.29, 1.82) is 0 Å². The van der Waals surface area contributed by atoms with Crippen molar-refractivity contribution in [3.63, 3.8) is 0 Å². The Morgan fingerprint density at radius 3 is 2.05 bits per heavy atom. The number of benzene rings is 3. The predicted octanol–water partition coefficient (Wildman–Crippen LogP) is 7.02. The Bertz CT molecular complexity index is 1340. The monoisotopic (exact) mass is 538 g/mol. The van der Waals surface area contributed by atoms with Crippen LogP contribution in [-0.2, 0) is 14.6 Å². The van der Waals surface area contributed by atoms with Crippen molar-refractivity contribution in [3.8, 4) is 0 Å². The highest BCUT2D eigenvalue weighted by atomic mass is 35.5. The highest BCUT2D eigenvalue weighted by Gasteiger charge is 2.26. The van der Waals surface area contributed by atoms with Gasteiger partial charge in [0.1, 0.15) is 0 Å². The Morgan fingerprint density at radius 1 is 0.919 bits per heavy atom. The van der Waals surface area contributed by atoms with Crippen LogP contribution in [0.25, 0.3) is 0 Å². The maximum absolute atomic E-state index is 13.0. The molecule has 1 saturated heterocycles. The number of hydrogen-bond donors (Lipinski definition) is 1. The Balaban J connectivity index is 1.41. The molecule has 7 heteroatoms. The number of hydrogen-bond acceptors (Lipinski definition) is 4. The molecular weight excluding hydrogens is 504 g/mol. The van der Waals surface area contributed by atoms with Crippen molar-refractivity contribution >= 4 is 33.0 Å².